The van der Waals surface area contributed by atoms with Gasteiger partial charge < -0.3 is 14.2 Å². The van der Waals surface area contributed by atoms with Crippen molar-refractivity contribution < 1.29 is 23.8 Å². The lowest BCUT2D eigenvalue weighted by atomic mass is 10.1. The number of Topliss-reactive ketones (excluding diaryl/α,β-unsaturated/α-hetero) is 1. The molecule has 6 heteroatoms. The van der Waals surface area contributed by atoms with Gasteiger partial charge in [-0.3, -0.25) is 4.79 Å². The van der Waals surface area contributed by atoms with Crippen LogP contribution in [0, 0.1) is 0 Å². The summed E-state index contributed by atoms with van der Waals surface area (Å²) in [7, 11) is 0. The van der Waals surface area contributed by atoms with E-state index in [1.54, 1.807) is 42.5 Å². The van der Waals surface area contributed by atoms with E-state index in [-0.39, 0.29) is 22.9 Å². The molecule has 30 heavy (non-hydrogen) atoms. The molecule has 0 amide bonds. The summed E-state index contributed by atoms with van der Waals surface area (Å²) in [5.74, 6) is 0.569. The van der Waals surface area contributed by atoms with Crippen LogP contribution in [0.2, 0.25) is 5.02 Å². The first kappa shape index (κ1) is 19.7. The van der Waals surface area contributed by atoms with E-state index in [1.165, 1.54) is 6.07 Å². The number of halogens is 1. The number of fused-ring (bicyclic) bond motifs is 1. The zero-order valence-electron chi connectivity index (χ0n) is 16.1. The minimum Gasteiger partial charge on any atom is -0.493 e. The minimum atomic E-state index is -0.591. The van der Waals surface area contributed by atoms with Gasteiger partial charge in [0.15, 0.2) is 5.76 Å². The maximum Gasteiger partial charge on any atom is 0.345 e. The van der Waals surface area contributed by atoms with Gasteiger partial charge in [-0.05, 0) is 43.3 Å². The van der Waals surface area contributed by atoms with Crippen molar-refractivity contribution in [2.45, 2.75) is 6.92 Å². The van der Waals surface area contributed by atoms with E-state index in [0.29, 0.717) is 28.7 Å². The van der Waals surface area contributed by atoms with Gasteiger partial charge in [-0.1, -0.05) is 41.9 Å². The van der Waals surface area contributed by atoms with Gasteiger partial charge in [-0.15, -0.1) is 0 Å². The van der Waals surface area contributed by atoms with Gasteiger partial charge in [-0.2, -0.15) is 0 Å². The third kappa shape index (κ3) is 3.93. The van der Waals surface area contributed by atoms with Crippen LogP contribution in [0.25, 0.3) is 6.08 Å². The van der Waals surface area contributed by atoms with Crippen LogP contribution in [0.4, 0.5) is 0 Å². The lowest BCUT2D eigenvalue weighted by Crippen LogP contribution is -2.09. The molecule has 5 nitrogen and oxygen atoms in total. The van der Waals surface area contributed by atoms with Crippen LogP contribution in [0.3, 0.4) is 0 Å². The molecule has 0 atom stereocenters. The molecule has 3 aromatic rings. The summed E-state index contributed by atoms with van der Waals surface area (Å²) in [4.78, 5) is 25.1. The van der Waals surface area contributed by atoms with E-state index >= 15 is 0 Å². The Morgan fingerprint density at radius 3 is 2.63 bits per heavy atom. The maximum absolute atomic E-state index is 12.7. The molecular formula is C24H17ClO5. The van der Waals surface area contributed by atoms with Crippen molar-refractivity contribution >= 4 is 29.4 Å². The molecule has 0 radical (unpaired) electrons. The number of rotatable bonds is 5. The quantitative estimate of drug-likeness (QED) is 0.306. The van der Waals surface area contributed by atoms with Crippen LogP contribution in [-0.2, 0) is 0 Å². The molecule has 0 aromatic heterocycles. The Hall–Kier alpha value is -3.57. The summed E-state index contributed by atoms with van der Waals surface area (Å²) in [6.45, 7) is 2.40. The first-order chi connectivity index (χ1) is 14.6. The average molecular weight is 421 g/mol. The summed E-state index contributed by atoms with van der Waals surface area (Å²) >= 11 is 6.04. The second kappa shape index (κ2) is 8.43. The summed E-state index contributed by atoms with van der Waals surface area (Å²) in [6.07, 6.45) is 1.64. The first-order valence-electron chi connectivity index (χ1n) is 9.33. The predicted octanol–water partition coefficient (Wildman–Crippen LogP) is 5.57. The number of allylic oxidation sites excluding steroid dienone is 1. The van der Waals surface area contributed by atoms with Gasteiger partial charge in [0.2, 0.25) is 5.78 Å². The highest BCUT2D eigenvalue weighted by atomic mass is 35.5. The van der Waals surface area contributed by atoms with Gasteiger partial charge in [0, 0.05) is 11.6 Å². The molecule has 1 aliphatic heterocycles. The van der Waals surface area contributed by atoms with Crippen LogP contribution in [0.5, 0.6) is 17.2 Å². The molecule has 0 bridgehead atoms. The standard InChI is InChI=1S/C24H17ClO5/c1-2-28-20-10-6-3-7-15(20)13-22-23(26)18-12-11-16(14-21(18)30-22)29-24(27)17-8-4-5-9-19(17)25/h3-14H,2H2,1H3. The second-order valence-electron chi connectivity index (χ2n) is 6.44. The summed E-state index contributed by atoms with van der Waals surface area (Å²) < 4.78 is 16.7. The Morgan fingerprint density at radius 1 is 1.07 bits per heavy atom. The lowest BCUT2D eigenvalue weighted by Gasteiger charge is -2.07. The molecule has 0 spiro atoms. The summed E-state index contributed by atoms with van der Waals surface area (Å²) in [5, 5.41) is 0.299. The normalized spacial score (nSPS) is 13.7. The number of hydrogen-bond donors (Lipinski definition) is 0. The predicted molar refractivity (Wildman–Crippen MR) is 113 cm³/mol. The number of carbonyl (C=O) groups excluding carboxylic acids is 2. The lowest BCUT2D eigenvalue weighted by molar-refractivity contribution is 0.0734. The van der Waals surface area contributed by atoms with Gasteiger partial charge in [-0.25, -0.2) is 4.79 Å². The van der Waals surface area contributed by atoms with Crippen molar-refractivity contribution in [2.24, 2.45) is 0 Å². The number of benzene rings is 3. The van der Waals surface area contributed by atoms with Crippen LogP contribution >= 0.6 is 11.6 Å². The zero-order chi connectivity index (χ0) is 21.1. The van der Waals surface area contributed by atoms with E-state index in [0.717, 1.165) is 5.56 Å². The molecule has 0 saturated carbocycles. The Bertz CT molecular complexity index is 1170. The molecule has 1 aliphatic rings. The van der Waals surface area contributed by atoms with E-state index < -0.39 is 5.97 Å². The molecule has 0 unspecified atom stereocenters. The molecule has 3 aromatic carbocycles. The number of carbonyl (C=O) groups is 2. The third-order valence-corrected chi connectivity index (χ3v) is 4.78. The van der Waals surface area contributed by atoms with Gasteiger partial charge >= 0.3 is 5.97 Å². The largest absolute Gasteiger partial charge is 0.493 e. The van der Waals surface area contributed by atoms with Crippen molar-refractivity contribution in [1.29, 1.82) is 0 Å². The number of hydrogen-bond acceptors (Lipinski definition) is 5. The fourth-order valence-corrected chi connectivity index (χ4v) is 3.26. The smallest absolute Gasteiger partial charge is 0.345 e. The van der Waals surface area contributed by atoms with Crippen molar-refractivity contribution in [1.82, 2.24) is 0 Å². The van der Waals surface area contributed by atoms with E-state index in [9.17, 15) is 9.59 Å². The SMILES string of the molecule is CCOc1ccccc1C=C1Oc2cc(OC(=O)c3ccccc3Cl)ccc2C1=O. The molecule has 4 rings (SSSR count). The fourth-order valence-electron chi connectivity index (χ4n) is 3.05. The highest BCUT2D eigenvalue weighted by Gasteiger charge is 2.28. The highest BCUT2D eigenvalue weighted by Crippen LogP contribution is 2.36. The molecule has 1 heterocycles. The Kier molecular flexibility index (Phi) is 5.55. The number of ketones is 1. The number of para-hydroxylation sites is 1. The van der Waals surface area contributed by atoms with E-state index in [1.807, 2.05) is 31.2 Å². The fraction of sp³-hybridized carbons (Fsp3) is 0.0833. The molecular weight excluding hydrogens is 404 g/mol. The van der Waals surface area contributed by atoms with Crippen molar-refractivity contribution in [3.63, 3.8) is 0 Å². The van der Waals surface area contributed by atoms with E-state index in [2.05, 4.69) is 0 Å². The van der Waals surface area contributed by atoms with Crippen LogP contribution in [-0.4, -0.2) is 18.4 Å². The Morgan fingerprint density at radius 2 is 1.83 bits per heavy atom. The van der Waals surface area contributed by atoms with Gasteiger partial charge in [0.25, 0.3) is 0 Å². The van der Waals surface area contributed by atoms with E-state index in [4.69, 9.17) is 25.8 Å². The molecule has 0 saturated heterocycles. The molecule has 0 aliphatic carbocycles. The van der Waals surface area contributed by atoms with Crippen LogP contribution < -0.4 is 14.2 Å². The van der Waals surface area contributed by atoms with Crippen LogP contribution in [0.15, 0.2) is 72.5 Å². The monoisotopic (exact) mass is 420 g/mol. The molecule has 0 fully saturated rings. The number of ether oxygens (including phenoxy) is 3. The Labute approximate surface area is 178 Å². The topological polar surface area (TPSA) is 61.8 Å². The minimum absolute atomic E-state index is 0.173. The van der Waals surface area contributed by atoms with Gasteiger partial charge in [0.05, 0.1) is 22.8 Å². The highest BCUT2D eigenvalue weighted by molar-refractivity contribution is 6.33. The van der Waals surface area contributed by atoms with Crippen molar-refractivity contribution in [3.8, 4) is 17.2 Å². The van der Waals surface area contributed by atoms with Gasteiger partial charge in [0.1, 0.15) is 17.2 Å². The summed E-state index contributed by atoms with van der Waals surface area (Å²) in [6, 6.07) is 18.6. The van der Waals surface area contributed by atoms with Crippen molar-refractivity contribution in [3.05, 3.63) is 94.2 Å². The van der Waals surface area contributed by atoms with Crippen LogP contribution in [0.1, 0.15) is 33.2 Å². The second-order valence-corrected chi connectivity index (χ2v) is 6.85. The molecule has 150 valence electrons. The number of esters is 1. The van der Waals surface area contributed by atoms with Crippen molar-refractivity contribution in [2.75, 3.05) is 6.61 Å². The zero-order valence-corrected chi connectivity index (χ0v) is 16.8. The maximum atomic E-state index is 12.7. The molecule has 0 N–H and O–H groups in total. The Balaban J connectivity index is 1.57. The first-order valence-corrected chi connectivity index (χ1v) is 9.71. The third-order valence-electron chi connectivity index (χ3n) is 4.45. The summed E-state index contributed by atoms with van der Waals surface area (Å²) in [5.41, 5.74) is 1.39. The average Bonchev–Trinajstić information content (AvgIpc) is 3.04.